The van der Waals surface area contributed by atoms with Crippen LogP contribution in [0.5, 0.6) is 0 Å². The Bertz CT molecular complexity index is 824. The van der Waals surface area contributed by atoms with Crippen LogP contribution in [0.2, 0.25) is 0 Å². The number of aromatic nitrogens is 1. The molecule has 0 spiro atoms. The van der Waals surface area contributed by atoms with Crippen molar-refractivity contribution >= 4 is 22.5 Å². The molecule has 4 nitrogen and oxygen atoms in total. The maximum Gasteiger partial charge on any atom is 0.224 e. The van der Waals surface area contributed by atoms with Crippen molar-refractivity contribution in [1.82, 2.24) is 4.98 Å². The average molecular weight is 423 g/mol. The summed E-state index contributed by atoms with van der Waals surface area (Å²) in [4.78, 5) is 16.6. The lowest BCUT2D eigenvalue weighted by Gasteiger charge is -2.08. The molecule has 0 bridgehead atoms. The summed E-state index contributed by atoms with van der Waals surface area (Å²) in [5.41, 5.74) is 1.63. The summed E-state index contributed by atoms with van der Waals surface area (Å²) in [6.45, 7) is 2.17. The number of benzene rings is 1. The van der Waals surface area contributed by atoms with Crippen molar-refractivity contribution in [3.63, 3.8) is 0 Å². The lowest BCUT2D eigenvalue weighted by molar-refractivity contribution is -0.116. The molecular weight excluding hydrogens is 384 g/mol. The predicted octanol–water partition coefficient (Wildman–Crippen LogP) is 6.96. The first-order valence-electron chi connectivity index (χ1n) is 11.9. The van der Waals surface area contributed by atoms with Crippen LogP contribution >= 0.6 is 0 Å². The van der Waals surface area contributed by atoms with Crippen molar-refractivity contribution in [2.24, 2.45) is 0 Å². The zero-order valence-electron chi connectivity index (χ0n) is 18.9. The van der Waals surface area contributed by atoms with E-state index in [9.17, 15) is 9.90 Å². The van der Waals surface area contributed by atoms with Crippen molar-refractivity contribution in [2.75, 3.05) is 5.32 Å². The Hall–Kier alpha value is -2.46. The predicted molar refractivity (Wildman–Crippen MR) is 131 cm³/mol. The number of fused-ring (bicyclic) bond motifs is 1. The Morgan fingerprint density at radius 2 is 1.84 bits per heavy atom. The second kappa shape index (κ2) is 15.4. The topological polar surface area (TPSA) is 62.2 Å². The van der Waals surface area contributed by atoms with Crippen LogP contribution in [0.4, 0.5) is 5.69 Å². The van der Waals surface area contributed by atoms with Crippen LogP contribution in [-0.4, -0.2) is 22.1 Å². The maximum absolute atomic E-state index is 12.2. The van der Waals surface area contributed by atoms with Gasteiger partial charge in [0, 0.05) is 18.0 Å². The maximum atomic E-state index is 12.2. The van der Waals surface area contributed by atoms with Gasteiger partial charge >= 0.3 is 0 Å². The quantitative estimate of drug-likeness (QED) is 0.241. The number of allylic oxidation sites excluding steroid dienone is 3. The van der Waals surface area contributed by atoms with Crippen molar-refractivity contribution in [3.05, 3.63) is 60.8 Å². The highest BCUT2D eigenvalue weighted by atomic mass is 16.3. The second-order valence-electron chi connectivity index (χ2n) is 8.11. The first-order chi connectivity index (χ1) is 15.2. The Balaban J connectivity index is 1.50. The number of aliphatic hydroxyl groups is 1. The Morgan fingerprint density at radius 1 is 1.03 bits per heavy atom. The molecule has 0 saturated carbocycles. The van der Waals surface area contributed by atoms with Gasteiger partial charge in [0.25, 0.3) is 0 Å². The standard InChI is InChI=1S/C27H38N2O2/c1-2-3-11-18-24(30)19-12-9-7-5-4-6-8-10-13-21-26(31)29-25-20-14-16-23-17-15-22-28-27(23)25/h7,9,12,14-17,19-20,22,24,30H,2-6,8,10-11,13,18,21H2,1H3,(H,29,31)/b9-7-,19-12+/t24-/m0/s1. The van der Waals surface area contributed by atoms with Gasteiger partial charge in [-0.2, -0.15) is 0 Å². The van der Waals surface area contributed by atoms with Gasteiger partial charge in [-0.05, 0) is 37.8 Å². The van der Waals surface area contributed by atoms with Crippen LogP contribution in [0, 0.1) is 0 Å². The number of para-hydroxylation sites is 1. The van der Waals surface area contributed by atoms with Gasteiger partial charge in [0.2, 0.25) is 5.91 Å². The monoisotopic (exact) mass is 422 g/mol. The second-order valence-corrected chi connectivity index (χ2v) is 8.11. The molecule has 0 aliphatic carbocycles. The minimum Gasteiger partial charge on any atom is -0.389 e. The highest BCUT2D eigenvalue weighted by Crippen LogP contribution is 2.21. The third-order valence-electron chi connectivity index (χ3n) is 5.37. The van der Waals surface area contributed by atoms with Gasteiger partial charge in [0.1, 0.15) is 0 Å². The van der Waals surface area contributed by atoms with Crippen LogP contribution in [0.1, 0.15) is 77.6 Å². The lowest BCUT2D eigenvalue weighted by atomic mass is 10.1. The van der Waals surface area contributed by atoms with Crippen LogP contribution < -0.4 is 5.32 Å². The first kappa shape index (κ1) is 24.8. The number of carbonyl (C=O) groups is 1. The molecule has 0 saturated heterocycles. The zero-order chi connectivity index (χ0) is 22.2. The van der Waals surface area contributed by atoms with E-state index in [-0.39, 0.29) is 12.0 Å². The Labute approximate surface area is 187 Å². The minimum absolute atomic E-state index is 0.0600. The molecule has 0 unspecified atom stereocenters. The van der Waals surface area contributed by atoms with Crippen molar-refractivity contribution < 1.29 is 9.90 Å². The van der Waals surface area contributed by atoms with E-state index >= 15 is 0 Å². The van der Waals surface area contributed by atoms with Gasteiger partial charge in [-0.1, -0.05) is 88.0 Å². The van der Waals surface area contributed by atoms with E-state index < -0.39 is 0 Å². The van der Waals surface area contributed by atoms with E-state index in [1.165, 1.54) is 19.3 Å². The molecule has 4 heteroatoms. The Morgan fingerprint density at radius 3 is 2.71 bits per heavy atom. The molecule has 1 amide bonds. The highest BCUT2D eigenvalue weighted by molar-refractivity contribution is 6.00. The number of pyridine rings is 1. The number of anilines is 1. The van der Waals surface area contributed by atoms with Gasteiger partial charge in [-0.3, -0.25) is 9.78 Å². The normalized spacial score (nSPS) is 12.7. The number of hydrogen-bond donors (Lipinski definition) is 2. The molecule has 0 aliphatic rings. The molecule has 31 heavy (non-hydrogen) atoms. The minimum atomic E-state index is -0.315. The molecule has 1 aromatic heterocycles. The molecule has 0 fully saturated rings. The summed E-state index contributed by atoms with van der Waals surface area (Å²) in [6, 6.07) is 9.76. The molecule has 1 aromatic carbocycles. The molecule has 2 N–H and O–H groups in total. The highest BCUT2D eigenvalue weighted by Gasteiger charge is 2.06. The fourth-order valence-electron chi connectivity index (χ4n) is 3.56. The van der Waals surface area contributed by atoms with E-state index in [4.69, 9.17) is 0 Å². The van der Waals surface area contributed by atoms with Crippen molar-refractivity contribution in [2.45, 2.75) is 83.7 Å². The number of unbranched alkanes of at least 4 members (excludes halogenated alkanes) is 7. The SMILES string of the molecule is CCCCC[C@H](O)/C=C/C=C\CCCCCCCC(=O)Nc1cccc2cccnc12. The van der Waals surface area contributed by atoms with Gasteiger partial charge in [-0.25, -0.2) is 0 Å². The van der Waals surface area contributed by atoms with E-state index in [1.54, 1.807) is 6.20 Å². The van der Waals surface area contributed by atoms with Crippen molar-refractivity contribution in [3.8, 4) is 0 Å². The summed E-state index contributed by atoms with van der Waals surface area (Å²) >= 11 is 0. The number of rotatable bonds is 15. The Kier molecular flexibility index (Phi) is 12.3. The van der Waals surface area contributed by atoms with Crippen LogP contribution in [0.3, 0.4) is 0 Å². The van der Waals surface area contributed by atoms with Crippen LogP contribution in [0.25, 0.3) is 10.9 Å². The molecule has 1 heterocycles. The summed E-state index contributed by atoms with van der Waals surface area (Å²) in [5.74, 6) is 0.0600. The summed E-state index contributed by atoms with van der Waals surface area (Å²) in [6.07, 6.45) is 20.9. The van der Waals surface area contributed by atoms with Crippen LogP contribution in [0.15, 0.2) is 60.8 Å². The largest absolute Gasteiger partial charge is 0.389 e. The molecule has 0 radical (unpaired) electrons. The molecule has 168 valence electrons. The number of carbonyl (C=O) groups excluding carboxylic acids is 1. The number of nitrogens with one attached hydrogen (secondary N) is 1. The molecule has 2 rings (SSSR count). The zero-order valence-corrected chi connectivity index (χ0v) is 18.9. The fourth-order valence-corrected chi connectivity index (χ4v) is 3.56. The summed E-state index contributed by atoms with van der Waals surface area (Å²) < 4.78 is 0. The van der Waals surface area contributed by atoms with E-state index in [0.717, 1.165) is 61.5 Å². The third kappa shape index (κ3) is 10.4. The lowest BCUT2D eigenvalue weighted by Crippen LogP contribution is -2.11. The van der Waals surface area contributed by atoms with Gasteiger partial charge in [0.15, 0.2) is 0 Å². The number of nitrogens with zero attached hydrogens (tertiary/aromatic N) is 1. The van der Waals surface area contributed by atoms with Gasteiger partial charge in [0.05, 0.1) is 17.3 Å². The van der Waals surface area contributed by atoms with E-state index in [1.807, 2.05) is 48.6 Å². The number of amides is 1. The third-order valence-corrected chi connectivity index (χ3v) is 5.37. The molecule has 2 aromatic rings. The summed E-state index contributed by atoms with van der Waals surface area (Å²) in [5, 5.41) is 13.9. The molecular formula is C27H38N2O2. The number of hydrogen-bond acceptors (Lipinski definition) is 3. The molecule has 0 aliphatic heterocycles. The van der Waals surface area contributed by atoms with E-state index in [0.29, 0.717) is 6.42 Å². The van der Waals surface area contributed by atoms with Gasteiger partial charge < -0.3 is 10.4 Å². The van der Waals surface area contributed by atoms with Crippen LogP contribution in [-0.2, 0) is 4.79 Å². The smallest absolute Gasteiger partial charge is 0.224 e. The average Bonchev–Trinajstić information content (AvgIpc) is 2.78. The first-order valence-corrected chi connectivity index (χ1v) is 11.9. The fraction of sp³-hybridized carbons (Fsp3) is 0.481. The van der Waals surface area contributed by atoms with E-state index in [2.05, 4.69) is 23.3 Å². The van der Waals surface area contributed by atoms with Crippen molar-refractivity contribution in [1.29, 1.82) is 0 Å². The number of aliphatic hydroxyl groups excluding tert-OH is 1. The molecule has 1 atom stereocenters. The van der Waals surface area contributed by atoms with Gasteiger partial charge in [-0.15, -0.1) is 0 Å². The summed E-state index contributed by atoms with van der Waals surface area (Å²) in [7, 11) is 0.